The Bertz CT molecular complexity index is 2580. The molecule has 0 radical (unpaired) electrons. The van der Waals surface area contributed by atoms with Gasteiger partial charge in [-0.1, -0.05) is 127 Å². The van der Waals surface area contributed by atoms with Gasteiger partial charge in [0.1, 0.15) is 11.5 Å². The minimum absolute atomic E-state index is 0.910. The molecule has 43 heavy (non-hydrogen) atoms. The van der Waals surface area contributed by atoms with Crippen LogP contribution >= 0.6 is 0 Å². The number of benzene rings is 9. The lowest BCUT2D eigenvalue weighted by atomic mass is 9.86. The summed E-state index contributed by atoms with van der Waals surface area (Å²) in [6, 6.07) is 53.2. The molecule has 0 atom stereocenters. The molecule has 1 nitrogen and oxygen atoms in total. The van der Waals surface area contributed by atoms with Gasteiger partial charge in [-0.05, 0) is 94.5 Å². The van der Waals surface area contributed by atoms with Crippen molar-refractivity contribution in [1.29, 1.82) is 0 Å². The molecule has 0 fully saturated rings. The van der Waals surface area contributed by atoms with Crippen molar-refractivity contribution < 1.29 is 4.74 Å². The van der Waals surface area contributed by atoms with E-state index in [2.05, 4.69) is 146 Å². The Morgan fingerprint density at radius 1 is 0.302 bits per heavy atom. The van der Waals surface area contributed by atoms with Gasteiger partial charge < -0.3 is 4.74 Å². The summed E-state index contributed by atoms with van der Waals surface area (Å²) < 4.78 is 6.41. The van der Waals surface area contributed by atoms with E-state index in [0.717, 1.165) is 17.1 Å². The normalized spacial score (nSPS) is 12.4. The van der Waals surface area contributed by atoms with Crippen molar-refractivity contribution in [2.45, 2.75) is 0 Å². The van der Waals surface area contributed by atoms with Crippen LogP contribution in [0.3, 0.4) is 0 Å². The molecule has 0 unspecified atom stereocenters. The highest BCUT2D eigenvalue weighted by atomic mass is 16.5. The first-order valence-corrected chi connectivity index (χ1v) is 14.8. The second-order valence-corrected chi connectivity index (χ2v) is 11.6. The molecule has 0 aromatic heterocycles. The van der Waals surface area contributed by atoms with E-state index in [1.54, 1.807) is 0 Å². The topological polar surface area (TPSA) is 9.23 Å². The van der Waals surface area contributed by atoms with Crippen LogP contribution in [-0.2, 0) is 0 Å². The monoisotopic (exact) mass is 544 g/mol. The lowest BCUT2D eigenvalue weighted by molar-refractivity contribution is 0.487. The number of fused-ring (bicyclic) bond motifs is 3. The van der Waals surface area contributed by atoms with E-state index in [0.29, 0.717) is 0 Å². The van der Waals surface area contributed by atoms with E-state index < -0.39 is 0 Å². The summed E-state index contributed by atoms with van der Waals surface area (Å²) in [5, 5.41) is 12.7. The Labute approximate surface area is 248 Å². The Kier molecular flexibility index (Phi) is 4.51. The van der Waals surface area contributed by atoms with Crippen LogP contribution in [0, 0.1) is 0 Å². The number of hydrogen-bond acceptors (Lipinski definition) is 1. The van der Waals surface area contributed by atoms with Gasteiger partial charge in [0.25, 0.3) is 0 Å². The molecule has 9 aromatic rings. The third-order valence-electron chi connectivity index (χ3n) is 9.41. The van der Waals surface area contributed by atoms with Gasteiger partial charge in [0, 0.05) is 10.9 Å². The van der Waals surface area contributed by atoms with Gasteiger partial charge in [0.15, 0.2) is 0 Å². The standard InChI is InChI=1S/C42H24O/c1-2-10-30-25(6-1)7-3-11-32(30)33-20-15-28-16-21-35-31(19-14-27-17-22-36(33)42(28)41(27)35)29-18-23-38-37(24-29)34-12-4-8-26-9-5-13-39(43-38)40(26)34/h1-24H. The molecule has 0 bridgehead atoms. The zero-order valence-electron chi connectivity index (χ0n) is 23.3. The first kappa shape index (κ1) is 23.0. The lowest BCUT2D eigenvalue weighted by Crippen LogP contribution is -1.97. The third kappa shape index (κ3) is 3.17. The molecule has 0 aliphatic carbocycles. The molecule has 0 saturated carbocycles. The molecule has 1 heterocycles. The van der Waals surface area contributed by atoms with E-state index in [4.69, 9.17) is 4.74 Å². The summed E-state index contributed by atoms with van der Waals surface area (Å²) in [6.07, 6.45) is 0. The zero-order chi connectivity index (χ0) is 28.1. The molecule has 1 heteroatoms. The summed E-state index contributed by atoms with van der Waals surface area (Å²) in [5.74, 6) is 1.84. The predicted octanol–water partition coefficient (Wildman–Crippen LogP) is 12.0. The third-order valence-corrected chi connectivity index (χ3v) is 9.41. The Balaban J connectivity index is 1.23. The fraction of sp³-hybridized carbons (Fsp3) is 0. The number of ether oxygens (including phenoxy) is 1. The molecule has 198 valence electrons. The molecule has 0 spiro atoms. The summed E-state index contributed by atoms with van der Waals surface area (Å²) in [6.45, 7) is 0. The van der Waals surface area contributed by atoms with Crippen LogP contribution < -0.4 is 4.74 Å². The maximum absolute atomic E-state index is 6.41. The van der Waals surface area contributed by atoms with E-state index in [9.17, 15) is 0 Å². The van der Waals surface area contributed by atoms with Crippen molar-refractivity contribution in [3.05, 3.63) is 146 Å². The van der Waals surface area contributed by atoms with Crippen LogP contribution in [0.25, 0.3) is 87.2 Å². The SMILES string of the molecule is c1ccc2c(-c3ccc4ccc5c(-c6ccc7c(c6)-c6cccc8cccc(c68)O7)ccc6ccc3c4c65)cccc2c1. The Morgan fingerprint density at radius 2 is 0.907 bits per heavy atom. The molecular formula is C42H24O. The van der Waals surface area contributed by atoms with Gasteiger partial charge in [-0.25, -0.2) is 0 Å². The molecule has 0 amide bonds. The van der Waals surface area contributed by atoms with E-state index in [1.807, 2.05) is 0 Å². The minimum atomic E-state index is 0.910. The van der Waals surface area contributed by atoms with Crippen molar-refractivity contribution >= 4 is 53.9 Å². The number of rotatable bonds is 2. The van der Waals surface area contributed by atoms with Crippen LogP contribution in [0.4, 0.5) is 0 Å². The van der Waals surface area contributed by atoms with Crippen molar-refractivity contribution in [3.8, 4) is 44.9 Å². The van der Waals surface area contributed by atoms with Crippen molar-refractivity contribution in [3.63, 3.8) is 0 Å². The van der Waals surface area contributed by atoms with Gasteiger partial charge in [-0.2, -0.15) is 0 Å². The molecule has 10 rings (SSSR count). The first-order chi connectivity index (χ1) is 21.3. The lowest BCUT2D eigenvalue weighted by Gasteiger charge is -2.22. The first-order valence-electron chi connectivity index (χ1n) is 14.8. The fourth-order valence-corrected chi connectivity index (χ4v) is 7.48. The van der Waals surface area contributed by atoms with Gasteiger partial charge in [0.05, 0.1) is 0 Å². The highest BCUT2D eigenvalue weighted by Crippen LogP contribution is 2.49. The van der Waals surface area contributed by atoms with Crippen LogP contribution in [0.1, 0.15) is 0 Å². The molecule has 9 aromatic carbocycles. The molecule has 1 aliphatic heterocycles. The molecule has 1 aliphatic rings. The van der Waals surface area contributed by atoms with Gasteiger partial charge in [-0.3, -0.25) is 0 Å². The number of hydrogen-bond donors (Lipinski definition) is 0. The fourth-order valence-electron chi connectivity index (χ4n) is 7.48. The van der Waals surface area contributed by atoms with E-state index in [1.165, 1.54) is 81.7 Å². The Hall–Kier alpha value is -5.66. The average molecular weight is 545 g/mol. The zero-order valence-corrected chi connectivity index (χ0v) is 23.3. The van der Waals surface area contributed by atoms with E-state index >= 15 is 0 Å². The molecule has 0 N–H and O–H groups in total. The van der Waals surface area contributed by atoms with Crippen LogP contribution in [0.15, 0.2) is 146 Å². The minimum Gasteiger partial charge on any atom is -0.456 e. The van der Waals surface area contributed by atoms with E-state index in [-0.39, 0.29) is 0 Å². The quantitative estimate of drug-likeness (QED) is 0.197. The highest BCUT2D eigenvalue weighted by Gasteiger charge is 2.21. The van der Waals surface area contributed by atoms with Crippen molar-refractivity contribution in [2.24, 2.45) is 0 Å². The van der Waals surface area contributed by atoms with Crippen LogP contribution in [0.5, 0.6) is 11.5 Å². The second-order valence-electron chi connectivity index (χ2n) is 11.6. The molecule has 0 saturated heterocycles. The maximum Gasteiger partial charge on any atom is 0.135 e. The van der Waals surface area contributed by atoms with Crippen molar-refractivity contribution in [2.75, 3.05) is 0 Å². The summed E-state index contributed by atoms with van der Waals surface area (Å²) in [5.41, 5.74) is 7.37. The second kappa shape index (κ2) is 8.44. The summed E-state index contributed by atoms with van der Waals surface area (Å²) >= 11 is 0. The predicted molar refractivity (Wildman–Crippen MR) is 182 cm³/mol. The summed E-state index contributed by atoms with van der Waals surface area (Å²) in [4.78, 5) is 0. The van der Waals surface area contributed by atoms with Crippen LogP contribution in [0.2, 0.25) is 0 Å². The average Bonchev–Trinajstić information content (AvgIpc) is 3.07. The van der Waals surface area contributed by atoms with Gasteiger partial charge in [-0.15, -0.1) is 0 Å². The van der Waals surface area contributed by atoms with Crippen LogP contribution in [-0.4, -0.2) is 0 Å². The smallest absolute Gasteiger partial charge is 0.135 e. The highest BCUT2D eigenvalue weighted by molar-refractivity contribution is 6.28. The van der Waals surface area contributed by atoms with Gasteiger partial charge >= 0.3 is 0 Å². The van der Waals surface area contributed by atoms with Gasteiger partial charge in [0.2, 0.25) is 0 Å². The maximum atomic E-state index is 6.41. The molecular weight excluding hydrogens is 520 g/mol. The largest absolute Gasteiger partial charge is 0.456 e. The Morgan fingerprint density at radius 3 is 1.74 bits per heavy atom. The summed E-state index contributed by atoms with van der Waals surface area (Å²) in [7, 11) is 0. The van der Waals surface area contributed by atoms with Crippen molar-refractivity contribution in [1.82, 2.24) is 0 Å².